The molecule has 1 unspecified atom stereocenters. The van der Waals surface area contributed by atoms with E-state index in [-0.39, 0.29) is 30.7 Å². The van der Waals surface area contributed by atoms with Gasteiger partial charge >= 0.3 is 0 Å². The second-order valence-corrected chi connectivity index (χ2v) is 6.58. The Morgan fingerprint density at radius 1 is 1.38 bits per heavy atom. The maximum Gasteiger partial charge on any atom is 0.262 e. The van der Waals surface area contributed by atoms with Crippen LogP contribution in [-0.4, -0.2) is 45.4 Å². The monoisotopic (exact) mass is 384 g/mol. The fourth-order valence-corrected chi connectivity index (χ4v) is 3.36. The fraction of sp³-hybridized carbons (Fsp3) is 0.733. The molecule has 9 heteroatoms. The average Bonchev–Trinajstić information content (AvgIpc) is 2.98. The largest absolute Gasteiger partial charge is 0.335 e. The normalized spacial score (nSPS) is 21.9. The van der Waals surface area contributed by atoms with Crippen molar-refractivity contribution in [1.29, 1.82) is 0 Å². The average molecular weight is 385 g/mol. The molecule has 1 atom stereocenters. The first-order valence-corrected chi connectivity index (χ1v) is 7.73. The first-order chi connectivity index (χ1) is 10.3. The van der Waals surface area contributed by atoms with E-state index in [0.717, 1.165) is 23.6 Å². The Kier molecular flexibility index (Phi) is 6.63. The Hall–Kier alpha value is -0.920. The van der Waals surface area contributed by atoms with Crippen LogP contribution in [0.2, 0.25) is 0 Å². The Balaban J connectivity index is 0.00000144. The SMILES string of the molecule is CC(C)c1nc2c(n1C)CCN(C(=O)C1CC(F)(F)CN1)C2.Cl.Cl. The molecule has 0 radical (unpaired) electrons. The van der Waals surface area contributed by atoms with Gasteiger partial charge in [0.2, 0.25) is 5.91 Å². The number of imidazole rings is 1. The molecule has 5 nitrogen and oxygen atoms in total. The Bertz CT molecular complexity index is 607. The standard InChI is InChI=1S/C15H22F2N4O.2ClH/c1-9(2)13-19-11-7-21(5-4-12(11)20(13)3)14(22)10-6-15(16,17)8-18-10;;/h9-10,18H,4-8H2,1-3H3;2*1H. The summed E-state index contributed by atoms with van der Waals surface area (Å²) in [6, 6.07) is -0.773. The van der Waals surface area contributed by atoms with Crippen LogP contribution >= 0.6 is 24.8 Å². The van der Waals surface area contributed by atoms with Crippen molar-refractivity contribution >= 4 is 30.7 Å². The summed E-state index contributed by atoms with van der Waals surface area (Å²) in [6.45, 7) is 4.73. The minimum absolute atomic E-state index is 0. The summed E-state index contributed by atoms with van der Waals surface area (Å²) in [4.78, 5) is 18.7. The predicted octanol–water partition coefficient (Wildman–Crippen LogP) is 2.27. The van der Waals surface area contributed by atoms with E-state index >= 15 is 0 Å². The number of nitrogens with zero attached hydrogens (tertiary/aromatic N) is 3. The molecule has 1 aromatic heterocycles. The second-order valence-electron chi connectivity index (χ2n) is 6.58. The van der Waals surface area contributed by atoms with Crippen LogP contribution in [0, 0.1) is 0 Å². The van der Waals surface area contributed by atoms with E-state index in [0.29, 0.717) is 19.0 Å². The van der Waals surface area contributed by atoms with Gasteiger partial charge in [0.05, 0.1) is 24.8 Å². The van der Waals surface area contributed by atoms with E-state index in [1.54, 1.807) is 4.90 Å². The van der Waals surface area contributed by atoms with Gasteiger partial charge in [-0.3, -0.25) is 10.1 Å². The summed E-state index contributed by atoms with van der Waals surface area (Å²) in [5.74, 6) is -1.70. The third-order valence-corrected chi connectivity index (χ3v) is 4.53. The van der Waals surface area contributed by atoms with E-state index in [2.05, 4.69) is 28.7 Å². The van der Waals surface area contributed by atoms with Gasteiger partial charge in [-0.05, 0) is 0 Å². The van der Waals surface area contributed by atoms with Crippen molar-refractivity contribution < 1.29 is 13.6 Å². The van der Waals surface area contributed by atoms with Crippen LogP contribution in [0.4, 0.5) is 8.78 Å². The number of halogens is 4. The zero-order valence-corrected chi connectivity index (χ0v) is 15.6. The Morgan fingerprint density at radius 2 is 2.04 bits per heavy atom. The third kappa shape index (κ3) is 3.83. The molecule has 2 aliphatic rings. The van der Waals surface area contributed by atoms with E-state index in [4.69, 9.17) is 0 Å². The van der Waals surface area contributed by atoms with E-state index in [1.807, 2.05) is 7.05 Å². The molecule has 24 heavy (non-hydrogen) atoms. The van der Waals surface area contributed by atoms with Gasteiger partial charge in [-0.25, -0.2) is 13.8 Å². The highest BCUT2D eigenvalue weighted by Crippen LogP contribution is 2.28. The molecule has 0 aromatic carbocycles. The van der Waals surface area contributed by atoms with Gasteiger partial charge in [0.15, 0.2) is 0 Å². The van der Waals surface area contributed by atoms with Gasteiger partial charge in [-0.15, -0.1) is 24.8 Å². The first kappa shape index (κ1) is 21.1. The number of hydrogen-bond acceptors (Lipinski definition) is 3. The van der Waals surface area contributed by atoms with Gasteiger partial charge in [0.1, 0.15) is 5.82 Å². The molecule has 0 saturated carbocycles. The number of nitrogens with one attached hydrogen (secondary N) is 1. The summed E-state index contributed by atoms with van der Waals surface area (Å²) in [7, 11) is 2.00. The van der Waals surface area contributed by atoms with Crippen LogP contribution in [-0.2, 0) is 24.8 Å². The van der Waals surface area contributed by atoms with Crippen molar-refractivity contribution in [3.8, 4) is 0 Å². The number of aromatic nitrogens is 2. The molecule has 1 fully saturated rings. The molecule has 0 bridgehead atoms. The van der Waals surface area contributed by atoms with Crippen LogP contribution in [0.3, 0.4) is 0 Å². The molecule has 1 aromatic rings. The van der Waals surface area contributed by atoms with Crippen LogP contribution < -0.4 is 5.32 Å². The highest BCUT2D eigenvalue weighted by molar-refractivity contribution is 5.85. The highest BCUT2D eigenvalue weighted by atomic mass is 35.5. The minimum Gasteiger partial charge on any atom is -0.335 e. The zero-order chi connectivity index (χ0) is 16.1. The fourth-order valence-electron chi connectivity index (χ4n) is 3.36. The maximum atomic E-state index is 13.3. The molecule has 2 aliphatic heterocycles. The maximum absolute atomic E-state index is 13.3. The van der Waals surface area contributed by atoms with Gasteiger partial charge in [0, 0.05) is 38.0 Å². The summed E-state index contributed by atoms with van der Waals surface area (Å²) in [6.07, 6.45) is 0.315. The molecule has 1 N–H and O–H groups in total. The van der Waals surface area contributed by atoms with E-state index in [1.165, 1.54) is 0 Å². The number of carbonyl (C=O) groups is 1. The third-order valence-electron chi connectivity index (χ3n) is 4.53. The molecule has 1 saturated heterocycles. The summed E-state index contributed by atoms with van der Waals surface area (Å²) >= 11 is 0. The Labute approximate surface area is 153 Å². The quantitative estimate of drug-likeness (QED) is 0.850. The minimum atomic E-state index is -2.78. The van der Waals surface area contributed by atoms with Gasteiger partial charge in [0.25, 0.3) is 5.92 Å². The van der Waals surface area contributed by atoms with Gasteiger partial charge < -0.3 is 9.47 Å². The van der Waals surface area contributed by atoms with Crippen LogP contribution in [0.25, 0.3) is 0 Å². The molecule has 0 spiro atoms. The number of fused-ring (bicyclic) bond motifs is 1. The number of alkyl halides is 2. The Morgan fingerprint density at radius 3 is 2.58 bits per heavy atom. The number of carbonyl (C=O) groups excluding carboxylic acids is 1. The van der Waals surface area contributed by atoms with E-state index < -0.39 is 24.9 Å². The molecular formula is C15H24Cl2F2N4O. The number of rotatable bonds is 2. The lowest BCUT2D eigenvalue weighted by Crippen LogP contribution is -2.45. The van der Waals surface area contributed by atoms with Crippen molar-refractivity contribution in [3.63, 3.8) is 0 Å². The molecule has 3 heterocycles. The van der Waals surface area contributed by atoms with E-state index in [9.17, 15) is 13.6 Å². The second kappa shape index (κ2) is 7.54. The molecule has 3 rings (SSSR count). The lowest BCUT2D eigenvalue weighted by atomic mass is 10.1. The van der Waals surface area contributed by atoms with Crippen molar-refractivity contribution in [3.05, 3.63) is 17.2 Å². The van der Waals surface area contributed by atoms with Crippen molar-refractivity contribution in [2.24, 2.45) is 7.05 Å². The number of hydrogen-bond donors (Lipinski definition) is 1. The molecule has 138 valence electrons. The highest BCUT2D eigenvalue weighted by Gasteiger charge is 2.44. The zero-order valence-electron chi connectivity index (χ0n) is 14.0. The van der Waals surface area contributed by atoms with Crippen LogP contribution in [0.1, 0.15) is 43.4 Å². The number of amides is 1. The molecule has 0 aliphatic carbocycles. The topological polar surface area (TPSA) is 50.2 Å². The summed E-state index contributed by atoms with van der Waals surface area (Å²) < 4.78 is 28.6. The first-order valence-electron chi connectivity index (χ1n) is 7.73. The summed E-state index contributed by atoms with van der Waals surface area (Å²) in [5.41, 5.74) is 2.05. The smallest absolute Gasteiger partial charge is 0.262 e. The molecule has 1 amide bonds. The summed E-state index contributed by atoms with van der Waals surface area (Å²) in [5, 5.41) is 2.64. The molecular weight excluding hydrogens is 361 g/mol. The predicted molar refractivity (Wildman–Crippen MR) is 92.3 cm³/mol. The van der Waals surface area contributed by atoms with Crippen molar-refractivity contribution in [2.45, 2.75) is 51.1 Å². The van der Waals surface area contributed by atoms with Gasteiger partial charge in [-0.1, -0.05) is 13.8 Å². The lowest BCUT2D eigenvalue weighted by Gasteiger charge is -2.29. The van der Waals surface area contributed by atoms with Crippen molar-refractivity contribution in [1.82, 2.24) is 19.8 Å². The van der Waals surface area contributed by atoms with Crippen molar-refractivity contribution in [2.75, 3.05) is 13.1 Å². The van der Waals surface area contributed by atoms with Crippen LogP contribution in [0.5, 0.6) is 0 Å². The van der Waals surface area contributed by atoms with Crippen LogP contribution in [0.15, 0.2) is 0 Å². The van der Waals surface area contributed by atoms with Gasteiger partial charge in [-0.2, -0.15) is 0 Å². The lowest BCUT2D eigenvalue weighted by molar-refractivity contribution is -0.134.